The van der Waals surface area contributed by atoms with Crippen molar-refractivity contribution < 1.29 is 4.79 Å². The van der Waals surface area contributed by atoms with Gasteiger partial charge in [0.15, 0.2) is 5.96 Å². The molecule has 0 aromatic heterocycles. The van der Waals surface area contributed by atoms with Crippen molar-refractivity contribution in [2.75, 3.05) is 32.4 Å². The molecule has 0 aromatic rings. The number of amides is 1. The van der Waals surface area contributed by atoms with Crippen molar-refractivity contribution in [1.82, 2.24) is 15.5 Å². The Kier molecular flexibility index (Phi) is 10.3. The van der Waals surface area contributed by atoms with Crippen LogP contribution in [0, 0.1) is 0 Å². The number of thioether (sulfide) groups is 1. The third-order valence-electron chi connectivity index (χ3n) is 4.46. The van der Waals surface area contributed by atoms with Crippen LogP contribution in [0.1, 0.15) is 45.4 Å². The molecular weight excluding hydrogens is 423 g/mol. The first kappa shape index (κ1) is 20.9. The number of hydrogen-bond donors (Lipinski definition) is 2. The largest absolute Gasteiger partial charge is 0.357 e. The lowest BCUT2D eigenvalue weighted by atomic mass is 10.2. The number of likely N-dealkylation sites (tertiary alicyclic amines) is 1. The Balaban J connectivity index is 0.00000264. The molecule has 0 spiro atoms. The number of guanidine groups is 1. The highest BCUT2D eigenvalue weighted by molar-refractivity contribution is 14.0. The van der Waals surface area contributed by atoms with Gasteiger partial charge in [-0.3, -0.25) is 9.79 Å². The first-order valence-corrected chi connectivity index (χ1v) is 9.87. The molecule has 23 heavy (non-hydrogen) atoms. The molecule has 1 saturated carbocycles. The van der Waals surface area contributed by atoms with Crippen LogP contribution in [-0.4, -0.2) is 60.5 Å². The maximum Gasteiger partial charge on any atom is 0.224 e. The molecule has 2 aliphatic rings. The lowest BCUT2D eigenvalue weighted by Crippen LogP contribution is -2.42. The molecule has 1 amide bonds. The second-order valence-electron chi connectivity index (χ2n) is 6.11. The van der Waals surface area contributed by atoms with Gasteiger partial charge in [-0.05, 0) is 45.3 Å². The summed E-state index contributed by atoms with van der Waals surface area (Å²) in [4.78, 5) is 18.6. The Labute approximate surface area is 161 Å². The normalized spacial score (nSPS) is 24.4. The summed E-state index contributed by atoms with van der Waals surface area (Å²) in [5.41, 5.74) is 0. The maximum absolute atomic E-state index is 12.0. The van der Waals surface area contributed by atoms with Crippen LogP contribution in [0.15, 0.2) is 4.99 Å². The molecule has 0 radical (unpaired) electrons. The highest BCUT2D eigenvalue weighted by Crippen LogP contribution is 2.27. The fourth-order valence-electron chi connectivity index (χ4n) is 3.19. The summed E-state index contributed by atoms with van der Waals surface area (Å²) in [6, 6.07) is 0.518. The molecule has 5 nitrogen and oxygen atoms in total. The average Bonchev–Trinajstić information content (AvgIpc) is 3.18. The Morgan fingerprint density at radius 1 is 1.30 bits per heavy atom. The van der Waals surface area contributed by atoms with Gasteiger partial charge in [-0.2, -0.15) is 11.8 Å². The average molecular weight is 454 g/mol. The van der Waals surface area contributed by atoms with Gasteiger partial charge < -0.3 is 15.5 Å². The van der Waals surface area contributed by atoms with E-state index >= 15 is 0 Å². The van der Waals surface area contributed by atoms with Crippen molar-refractivity contribution in [2.45, 2.75) is 56.7 Å². The zero-order valence-corrected chi connectivity index (χ0v) is 17.5. The quantitative estimate of drug-likeness (QED) is 0.368. The third-order valence-corrected chi connectivity index (χ3v) is 5.55. The van der Waals surface area contributed by atoms with Crippen LogP contribution in [0.3, 0.4) is 0 Å². The summed E-state index contributed by atoms with van der Waals surface area (Å²) in [6.07, 6.45) is 8.71. The van der Waals surface area contributed by atoms with Gasteiger partial charge in [-0.1, -0.05) is 0 Å². The van der Waals surface area contributed by atoms with Crippen LogP contribution in [0.25, 0.3) is 0 Å². The van der Waals surface area contributed by atoms with E-state index in [0.717, 1.165) is 43.7 Å². The summed E-state index contributed by atoms with van der Waals surface area (Å²) in [6.45, 7) is 5.36. The number of nitrogens with zero attached hydrogens (tertiary/aromatic N) is 2. The van der Waals surface area contributed by atoms with E-state index in [-0.39, 0.29) is 29.9 Å². The monoisotopic (exact) mass is 454 g/mol. The molecule has 2 rings (SSSR count). The van der Waals surface area contributed by atoms with Gasteiger partial charge in [0.1, 0.15) is 0 Å². The van der Waals surface area contributed by atoms with Gasteiger partial charge in [0.25, 0.3) is 0 Å². The van der Waals surface area contributed by atoms with E-state index in [1.54, 1.807) is 0 Å². The molecule has 1 aliphatic heterocycles. The minimum atomic E-state index is 0. The molecule has 2 N–H and O–H groups in total. The standard InChI is InChI=1S/C16H30N4OS.HI/c1-3-17-16(19-13-6-7-14(12-13)22-2)18-9-8-15(21)20-10-4-5-11-20;/h13-14H,3-12H2,1-2H3,(H2,17,18,19);1H. The van der Waals surface area contributed by atoms with Crippen LogP contribution < -0.4 is 10.6 Å². The van der Waals surface area contributed by atoms with Crippen LogP contribution in [0.5, 0.6) is 0 Å². The molecular formula is C16H31IN4OS. The zero-order chi connectivity index (χ0) is 15.8. The number of carbonyl (C=O) groups is 1. The Hall–Kier alpha value is -0.180. The Morgan fingerprint density at radius 3 is 2.65 bits per heavy atom. The predicted molar refractivity (Wildman–Crippen MR) is 110 cm³/mol. The van der Waals surface area contributed by atoms with Gasteiger partial charge in [0, 0.05) is 37.3 Å². The van der Waals surface area contributed by atoms with E-state index in [1.807, 2.05) is 16.7 Å². The highest BCUT2D eigenvalue weighted by atomic mass is 127. The van der Waals surface area contributed by atoms with Crippen LogP contribution in [0.4, 0.5) is 0 Å². The topological polar surface area (TPSA) is 56.7 Å². The molecule has 2 fully saturated rings. The van der Waals surface area contributed by atoms with Crippen molar-refractivity contribution in [3.63, 3.8) is 0 Å². The molecule has 7 heteroatoms. The van der Waals surface area contributed by atoms with Crippen LogP contribution >= 0.6 is 35.7 Å². The molecule has 0 bridgehead atoms. The molecule has 2 unspecified atom stereocenters. The van der Waals surface area contributed by atoms with Gasteiger partial charge in [0.05, 0.1) is 6.54 Å². The van der Waals surface area contributed by atoms with Crippen molar-refractivity contribution in [1.29, 1.82) is 0 Å². The summed E-state index contributed by atoms with van der Waals surface area (Å²) < 4.78 is 0. The third kappa shape index (κ3) is 7.07. The van der Waals surface area contributed by atoms with Crippen LogP contribution in [-0.2, 0) is 4.79 Å². The highest BCUT2D eigenvalue weighted by Gasteiger charge is 2.24. The number of carbonyl (C=O) groups excluding carboxylic acids is 1. The van der Waals surface area contributed by atoms with E-state index in [4.69, 9.17) is 0 Å². The number of rotatable bonds is 6. The lowest BCUT2D eigenvalue weighted by molar-refractivity contribution is -0.129. The second-order valence-corrected chi connectivity index (χ2v) is 7.25. The number of aliphatic imine (C=N–C) groups is 1. The number of hydrogen-bond acceptors (Lipinski definition) is 3. The number of halogens is 1. The minimum absolute atomic E-state index is 0. The van der Waals surface area contributed by atoms with Gasteiger partial charge in [-0.15, -0.1) is 24.0 Å². The molecule has 1 heterocycles. The summed E-state index contributed by atoms with van der Waals surface area (Å²) in [5.74, 6) is 1.11. The molecule has 0 aromatic carbocycles. The van der Waals surface area contributed by atoms with E-state index in [1.165, 1.54) is 19.3 Å². The molecule has 2 atom stereocenters. The second kappa shape index (κ2) is 11.4. The van der Waals surface area contributed by atoms with Gasteiger partial charge in [0.2, 0.25) is 5.91 Å². The first-order chi connectivity index (χ1) is 10.7. The van der Waals surface area contributed by atoms with E-state index in [9.17, 15) is 4.79 Å². The smallest absolute Gasteiger partial charge is 0.224 e. The summed E-state index contributed by atoms with van der Waals surface area (Å²) in [5, 5.41) is 7.59. The molecule has 1 aliphatic carbocycles. The van der Waals surface area contributed by atoms with E-state index < -0.39 is 0 Å². The molecule has 134 valence electrons. The van der Waals surface area contributed by atoms with E-state index in [2.05, 4.69) is 28.8 Å². The fraction of sp³-hybridized carbons (Fsp3) is 0.875. The summed E-state index contributed by atoms with van der Waals surface area (Å²) >= 11 is 1.96. The predicted octanol–water partition coefficient (Wildman–Crippen LogP) is 2.46. The Bertz CT molecular complexity index is 388. The summed E-state index contributed by atoms with van der Waals surface area (Å²) in [7, 11) is 0. The first-order valence-electron chi connectivity index (χ1n) is 8.58. The minimum Gasteiger partial charge on any atom is -0.357 e. The van der Waals surface area contributed by atoms with Crippen molar-refractivity contribution >= 4 is 47.6 Å². The van der Waals surface area contributed by atoms with Crippen molar-refractivity contribution in [3.8, 4) is 0 Å². The zero-order valence-electron chi connectivity index (χ0n) is 14.3. The van der Waals surface area contributed by atoms with E-state index in [0.29, 0.717) is 19.0 Å². The SMILES string of the molecule is CCNC(=NCCC(=O)N1CCCC1)NC1CCC(SC)C1.I. The number of nitrogens with one attached hydrogen (secondary N) is 2. The van der Waals surface area contributed by atoms with Gasteiger partial charge in [-0.25, -0.2) is 0 Å². The maximum atomic E-state index is 12.0. The Morgan fingerprint density at radius 2 is 2.04 bits per heavy atom. The molecule has 1 saturated heterocycles. The van der Waals surface area contributed by atoms with Gasteiger partial charge >= 0.3 is 0 Å². The van der Waals surface area contributed by atoms with Crippen molar-refractivity contribution in [3.05, 3.63) is 0 Å². The lowest BCUT2D eigenvalue weighted by Gasteiger charge is -2.18. The fourth-order valence-corrected chi connectivity index (χ4v) is 3.98. The van der Waals surface area contributed by atoms with Crippen molar-refractivity contribution in [2.24, 2.45) is 4.99 Å². The van der Waals surface area contributed by atoms with Crippen LogP contribution in [0.2, 0.25) is 0 Å².